The van der Waals surface area contributed by atoms with Crippen LogP contribution >= 0.6 is 26.6 Å². The van der Waals surface area contributed by atoms with Gasteiger partial charge in [-0.3, -0.25) is 0 Å². The van der Waals surface area contributed by atoms with Crippen LogP contribution < -0.4 is 9.47 Å². The molecule has 0 aromatic heterocycles. The molecule has 1 fully saturated rings. The Bertz CT molecular complexity index is 569. The third kappa shape index (κ3) is 4.54. The van der Waals surface area contributed by atoms with Crippen molar-refractivity contribution in [2.45, 2.75) is 18.6 Å². The minimum absolute atomic E-state index is 0.256. The van der Waals surface area contributed by atoms with E-state index in [9.17, 15) is 8.42 Å². The molecule has 0 bridgehead atoms. The van der Waals surface area contributed by atoms with Gasteiger partial charge in [0.05, 0.1) is 19.5 Å². The molecule has 106 valence electrons. The second-order valence-electron chi connectivity index (χ2n) is 4.53. The van der Waals surface area contributed by atoms with Gasteiger partial charge in [0.15, 0.2) is 11.5 Å². The van der Waals surface area contributed by atoms with E-state index in [1.165, 1.54) is 20.0 Å². The fraction of sp³-hybridized carbons (Fsp3) is 0.500. The highest BCUT2D eigenvalue weighted by atomic mass is 79.9. The third-order valence-electron chi connectivity index (χ3n) is 2.83. The van der Waals surface area contributed by atoms with E-state index in [1.807, 2.05) is 0 Å². The minimum atomic E-state index is -3.61. The molecule has 2 rings (SSSR count). The summed E-state index contributed by atoms with van der Waals surface area (Å²) in [6.07, 6.45) is 2.40. The molecule has 1 aliphatic rings. The smallest absolute Gasteiger partial charge is 0.236 e. The second-order valence-corrected chi connectivity index (χ2v) is 8.16. The molecule has 0 unspecified atom stereocenters. The Labute approximate surface area is 125 Å². The molecule has 19 heavy (non-hydrogen) atoms. The maximum absolute atomic E-state index is 11.1. The Morgan fingerprint density at radius 3 is 2.58 bits per heavy atom. The van der Waals surface area contributed by atoms with Crippen molar-refractivity contribution in [3.63, 3.8) is 0 Å². The van der Waals surface area contributed by atoms with Gasteiger partial charge >= 0.3 is 0 Å². The SMILES string of the molecule is COc1cc(CS(=O)(=O)Cl)c(Br)cc1OCC1CC1. The molecule has 0 saturated heterocycles. The second kappa shape index (κ2) is 5.89. The van der Waals surface area contributed by atoms with Gasteiger partial charge in [0, 0.05) is 15.2 Å². The molecule has 0 aliphatic heterocycles. The summed E-state index contributed by atoms with van der Waals surface area (Å²) in [4.78, 5) is 0. The lowest BCUT2D eigenvalue weighted by Crippen LogP contribution is -2.03. The third-order valence-corrected chi connectivity index (χ3v) is 4.55. The Balaban J connectivity index is 2.22. The predicted molar refractivity (Wildman–Crippen MR) is 77.4 cm³/mol. The first-order valence-corrected chi connectivity index (χ1v) is 9.07. The topological polar surface area (TPSA) is 52.6 Å². The van der Waals surface area contributed by atoms with E-state index in [1.54, 1.807) is 12.1 Å². The number of rotatable bonds is 6. The van der Waals surface area contributed by atoms with Gasteiger partial charge in [-0.15, -0.1) is 0 Å². The molecular weight excluding hydrogens is 356 g/mol. The van der Waals surface area contributed by atoms with Crippen LogP contribution in [0.5, 0.6) is 11.5 Å². The lowest BCUT2D eigenvalue weighted by atomic mass is 10.2. The Kier molecular flexibility index (Phi) is 4.63. The first kappa shape index (κ1) is 14.9. The van der Waals surface area contributed by atoms with Crippen molar-refractivity contribution in [1.29, 1.82) is 0 Å². The maximum Gasteiger partial charge on any atom is 0.236 e. The number of ether oxygens (including phenoxy) is 2. The average molecular weight is 370 g/mol. The quantitative estimate of drug-likeness (QED) is 0.722. The predicted octanol–water partition coefficient (Wildman–Crippen LogP) is 3.32. The molecule has 1 saturated carbocycles. The fourth-order valence-electron chi connectivity index (χ4n) is 1.64. The van der Waals surface area contributed by atoms with Crippen LogP contribution in [-0.2, 0) is 14.8 Å². The van der Waals surface area contributed by atoms with Gasteiger partial charge in [0.2, 0.25) is 9.05 Å². The monoisotopic (exact) mass is 368 g/mol. The van der Waals surface area contributed by atoms with E-state index in [-0.39, 0.29) is 5.75 Å². The van der Waals surface area contributed by atoms with Crippen molar-refractivity contribution >= 4 is 35.7 Å². The number of benzene rings is 1. The highest BCUT2D eigenvalue weighted by Gasteiger charge is 2.23. The minimum Gasteiger partial charge on any atom is -0.493 e. The number of halogens is 2. The molecular formula is C12H14BrClO4S. The summed E-state index contributed by atoms with van der Waals surface area (Å²) in [5, 5.41) is 0. The molecule has 0 radical (unpaired) electrons. The normalized spacial score (nSPS) is 15.3. The molecule has 1 aromatic rings. The van der Waals surface area contributed by atoms with E-state index < -0.39 is 9.05 Å². The van der Waals surface area contributed by atoms with Crippen molar-refractivity contribution in [2.24, 2.45) is 5.92 Å². The van der Waals surface area contributed by atoms with Crippen molar-refractivity contribution < 1.29 is 17.9 Å². The Morgan fingerprint density at radius 2 is 2.05 bits per heavy atom. The molecule has 0 spiro atoms. The van der Waals surface area contributed by atoms with Gasteiger partial charge in [-0.25, -0.2) is 8.42 Å². The van der Waals surface area contributed by atoms with Crippen LogP contribution in [0, 0.1) is 5.92 Å². The fourth-order valence-corrected chi connectivity index (χ4v) is 3.25. The van der Waals surface area contributed by atoms with Crippen LogP contribution in [-0.4, -0.2) is 22.1 Å². The van der Waals surface area contributed by atoms with Crippen LogP contribution in [0.3, 0.4) is 0 Å². The summed E-state index contributed by atoms with van der Waals surface area (Å²) in [6, 6.07) is 3.35. The summed E-state index contributed by atoms with van der Waals surface area (Å²) in [5.74, 6) is 1.50. The van der Waals surface area contributed by atoms with Crippen LogP contribution in [0.25, 0.3) is 0 Å². The van der Waals surface area contributed by atoms with E-state index in [4.69, 9.17) is 20.2 Å². The van der Waals surface area contributed by atoms with Crippen LogP contribution in [0.1, 0.15) is 18.4 Å². The lowest BCUT2D eigenvalue weighted by Gasteiger charge is -2.13. The van der Waals surface area contributed by atoms with Crippen LogP contribution in [0.15, 0.2) is 16.6 Å². The molecule has 4 nitrogen and oxygen atoms in total. The summed E-state index contributed by atoms with van der Waals surface area (Å²) in [5.41, 5.74) is 0.547. The van der Waals surface area contributed by atoms with Gasteiger partial charge in [-0.1, -0.05) is 15.9 Å². The summed E-state index contributed by atoms with van der Waals surface area (Å²) in [6.45, 7) is 0.663. The molecule has 7 heteroatoms. The number of hydrogen-bond donors (Lipinski definition) is 0. The summed E-state index contributed by atoms with van der Waals surface area (Å²) < 4.78 is 33.8. The van der Waals surface area contributed by atoms with E-state index >= 15 is 0 Å². The van der Waals surface area contributed by atoms with Crippen LogP contribution in [0.2, 0.25) is 0 Å². The van der Waals surface area contributed by atoms with Crippen molar-refractivity contribution in [2.75, 3.05) is 13.7 Å². The molecule has 0 heterocycles. The van der Waals surface area contributed by atoms with E-state index in [0.717, 1.165) is 0 Å². The van der Waals surface area contributed by atoms with Gasteiger partial charge in [0.1, 0.15) is 0 Å². The van der Waals surface area contributed by atoms with E-state index in [2.05, 4.69) is 15.9 Å². The first-order valence-electron chi connectivity index (χ1n) is 5.80. The molecule has 1 aromatic carbocycles. The van der Waals surface area contributed by atoms with Gasteiger partial charge in [0.25, 0.3) is 0 Å². The average Bonchev–Trinajstić information content (AvgIpc) is 3.11. The summed E-state index contributed by atoms with van der Waals surface area (Å²) in [7, 11) is 3.18. The zero-order valence-electron chi connectivity index (χ0n) is 10.4. The molecule has 1 aliphatic carbocycles. The molecule has 0 atom stereocenters. The zero-order valence-corrected chi connectivity index (χ0v) is 13.5. The highest BCUT2D eigenvalue weighted by Crippen LogP contribution is 2.36. The maximum atomic E-state index is 11.1. The highest BCUT2D eigenvalue weighted by molar-refractivity contribution is 9.10. The molecule has 0 amide bonds. The molecule has 0 N–H and O–H groups in total. The Hall–Kier alpha value is -0.460. The first-order chi connectivity index (χ1) is 8.89. The Morgan fingerprint density at radius 1 is 1.37 bits per heavy atom. The van der Waals surface area contributed by atoms with Crippen molar-refractivity contribution in [3.05, 3.63) is 22.2 Å². The van der Waals surface area contributed by atoms with E-state index in [0.29, 0.717) is 34.1 Å². The van der Waals surface area contributed by atoms with Gasteiger partial charge < -0.3 is 9.47 Å². The standard InChI is InChI=1S/C12H14BrClO4S/c1-17-11-4-9(7-19(14,15)16)10(13)5-12(11)18-6-8-2-3-8/h4-5,8H,2-3,6-7H2,1H3. The summed E-state index contributed by atoms with van der Waals surface area (Å²) >= 11 is 3.33. The van der Waals surface area contributed by atoms with Crippen molar-refractivity contribution in [3.8, 4) is 11.5 Å². The van der Waals surface area contributed by atoms with Crippen LogP contribution in [0.4, 0.5) is 0 Å². The van der Waals surface area contributed by atoms with Gasteiger partial charge in [-0.05, 0) is 36.5 Å². The number of methoxy groups -OCH3 is 1. The largest absolute Gasteiger partial charge is 0.493 e. The van der Waals surface area contributed by atoms with Gasteiger partial charge in [-0.2, -0.15) is 0 Å². The zero-order chi connectivity index (χ0) is 14.0. The van der Waals surface area contributed by atoms with Crippen molar-refractivity contribution in [1.82, 2.24) is 0 Å². The lowest BCUT2D eigenvalue weighted by molar-refractivity contribution is 0.280. The number of hydrogen-bond acceptors (Lipinski definition) is 4.